The summed E-state index contributed by atoms with van der Waals surface area (Å²) < 4.78 is 17.3. The van der Waals surface area contributed by atoms with Gasteiger partial charge in [0.15, 0.2) is 0 Å². The zero-order valence-electron chi connectivity index (χ0n) is 13.5. The molecule has 0 aliphatic carbocycles. The standard InChI is InChI=1S/C15H17IN2O5/c1-15(2,3)23-14(20)18-9(16)6-8-7-17-12(21-4)10(11(8)18)13(19)22-5/h6-7H,1-5H3. The van der Waals surface area contributed by atoms with Gasteiger partial charge in [0, 0.05) is 11.6 Å². The van der Waals surface area contributed by atoms with E-state index in [4.69, 9.17) is 14.2 Å². The first kappa shape index (κ1) is 17.5. The fraction of sp³-hybridized carbons (Fsp3) is 0.400. The number of carbonyl (C=O) groups excluding carboxylic acids is 2. The Hall–Kier alpha value is -1.84. The van der Waals surface area contributed by atoms with Crippen LogP contribution in [0.5, 0.6) is 5.88 Å². The van der Waals surface area contributed by atoms with Crippen LogP contribution >= 0.6 is 22.6 Å². The molecule has 0 bridgehead atoms. The number of pyridine rings is 1. The highest BCUT2D eigenvalue weighted by Gasteiger charge is 2.27. The van der Waals surface area contributed by atoms with E-state index in [1.54, 1.807) is 26.8 Å². The predicted octanol–water partition coefficient (Wildman–Crippen LogP) is 3.22. The van der Waals surface area contributed by atoms with Gasteiger partial charge in [-0.2, -0.15) is 0 Å². The largest absolute Gasteiger partial charge is 0.480 e. The Morgan fingerprint density at radius 2 is 1.91 bits per heavy atom. The first-order valence-electron chi connectivity index (χ1n) is 6.75. The van der Waals surface area contributed by atoms with E-state index in [0.29, 0.717) is 14.6 Å². The zero-order chi connectivity index (χ0) is 17.4. The topological polar surface area (TPSA) is 79.7 Å². The molecular formula is C15H17IN2O5. The lowest BCUT2D eigenvalue weighted by Gasteiger charge is -2.20. The van der Waals surface area contributed by atoms with E-state index in [1.165, 1.54) is 25.0 Å². The van der Waals surface area contributed by atoms with E-state index in [9.17, 15) is 9.59 Å². The molecule has 7 nitrogen and oxygen atoms in total. The van der Waals surface area contributed by atoms with Crippen molar-refractivity contribution in [2.75, 3.05) is 14.2 Å². The maximum atomic E-state index is 12.5. The normalized spacial score (nSPS) is 11.4. The highest BCUT2D eigenvalue weighted by molar-refractivity contribution is 14.1. The smallest absolute Gasteiger partial charge is 0.419 e. The van der Waals surface area contributed by atoms with Crippen molar-refractivity contribution < 1.29 is 23.8 Å². The molecule has 0 radical (unpaired) electrons. The number of aromatic nitrogens is 2. The molecule has 124 valence electrons. The zero-order valence-corrected chi connectivity index (χ0v) is 15.6. The Balaban J connectivity index is 2.77. The van der Waals surface area contributed by atoms with Gasteiger partial charge in [0.2, 0.25) is 5.88 Å². The molecule has 0 N–H and O–H groups in total. The molecule has 0 saturated carbocycles. The van der Waals surface area contributed by atoms with Gasteiger partial charge in [-0.3, -0.25) is 0 Å². The van der Waals surface area contributed by atoms with Gasteiger partial charge in [-0.1, -0.05) is 0 Å². The lowest BCUT2D eigenvalue weighted by atomic mass is 10.2. The van der Waals surface area contributed by atoms with Crippen molar-refractivity contribution in [3.63, 3.8) is 0 Å². The fourth-order valence-electron chi connectivity index (χ4n) is 2.07. The van der Waals surface area contributed by atoms with Gasteiger partial charge < -0.3 is 14.2 Å². The molecule has 0 unspecified atom stereocenters. The van der Waals surface area contributed by atoms with E-state index in [2.05, 4.69) is 4.98 Å². The minimum Gasteiger partial charge on any atom is -0.480 e. The monoisotopic (exact) mass is 432 g/mol. The number of halogens is 1. The number of rotatable bonds is 2. The molecule has 0 amide bonds. The summed E-state index contributed by atoms with van der Waals surface area (Å²) in [7, 11) is 2.65. The maximum Gasteiger partial charge on any atom is 0.419 e. The van der Waals surface area contributed by atoms with E-state index in [-0.39, 0.29) is 11.4 Å². The third-order valence-corrected chi connectivity index (χ3v) is 3.71. The van der Waals surface area contributed by atoms with Gasteiger partial charge in [0.25, 0.3) is 0 Å². The summed E-state index contributed by atoms with van der Waals surface area (Å²) in [5.74, 6) is -0.553. The summed E-state index contributed by atoms with van der Waals surface area (Å²) >= 11 is 2.00. The van der Waals surface area contributed by atoms with E-state index >= 15 is 0 Å². The number of ether oxygens (including phenoxy) is 3. The number of carbonyl (C=O) groups is 2. The quantitative estimate of drug-likeness (QED) is 0.536. The molecule has 0 aliphatic heterocycles. The molecule has 0 saturated heterocycles. The van der Waals surface area contributed by atoms with E-state index in [0.717, 1.165) is 0 Å². The second kappa shape index (κ2) is 6.34. The Kier molecular flexibility index (Phi) is 4.83. The lowest BCUT2D eigenvalue weighted by Crippen LogP contribution is -2.28. The van der Waals surface area contributed by atoms with Crippen LogP contribution in [-0.4, -0.2) is 41.4 Å². The van der Waals surface area contributed by atoms with Crippen molar-refractivity contribution in [3.05, 3.63) is 21.5 Å². The third kappa shape index (κ3) is 3.41. The molecule has 0 spiro atoms. The molecule has 0 aliphatic rings. The second-order valence-corrected chi connectivity index (χ2v) is 6.83. The highest BCUT2D eigenvalue weighted by Crippen LogP contribution is 2.30. The van der Waals surface area contributed by atoms with Crippen molar-refractivity contribution in [2.45, 2.75) is 26.4 Å². The highest BCUT2D eigenvalue weighted by atomic mass is 127. The van der Waals surface area contributed by atoms with Crippen LogP contribution in [0.4, 0.5) is 4.79 Å². The van der Waals surface area contributed by atoms with Gasteiger partial charge >= 0.3 is 12.1 Å². The van der Waals surface area contributed by atoms with Crippen LogP contribution in [-0.2, 0) is 9.47 Å². The first-order valence-corrected chi connectivity index (χ1v) is 7.83. The Bertz CT molecular complexity index is 776. The fourth-order valence-corrected chi connectivity index (χ4v) is 2.85. The van der Waals surface area contributed by atoms with Crippen molar-refractivity contribution in [1.29, 1.82) is 0 Å². The van der Waals surface area contributed by atoms with Crippen LogP contribution in [0.1, 0.15) is 31.1 Å². The summed E-state index contributed by atoms with van der Waals surface area (Å²) in [5, 5.41) is 0.612. The lowest BCUT2D eigenvalue weighted by molar-refractivity contribution is 0.0540. The van der Waals surface area contributed by atoms with Crippen molar-refractivity contribution in [2.24, 2.45) is 0 Å². The van der Waals surface area contributed by atoms with Gasteiger partial charge in [-0.05, 0) is 49.4 Å². The molecular weight excluding hydrogens is 415 g/mol. The number of hydrogen-bond acceptors (Lipinski definition) is 6. The molecule has 0 aromatic carbocycles. The minimum atomic E-state index is -0.667. The van der Waals surface area contributed by atoms with E-state index < -0.39 is 17.7 Å². The van der Waals surface area contributed by atoms with Crippen LogP contribution in [0.15, 0.2) is 12.3 Å². The molecule has 2 heterocycles. The summed E-state index contributed by atoms with van der Waals surface area (Å²) in [6, 6.07) is 1.73. The van der Waals surface area contributed by atoms with Crippen molar-refractivity contribution >= 4 is 45.6 Å². The average Bonchev–Trinajstić information content (AvgIpc) is 2.79. The van der Waals surface area contributed by atoms with Gasteiger partial charge in [-0.15, -0.1) is 0 Å². The number of hydrogen-bond donors (Lipinski definition) is 0. The molecule has 8 heteroatoms. The Morgan fingerprint density at radius 3 is 2.43 bits per heavy atom. The number of esters is 1. The average molecular weight is 432 g/mol. The van der Waals surface area contributed by atoms with E-state index in [1.807, 2.05) is 22.6 Å². The molecule has 2 aromatic rings. The maximum absolute atomic E-state index is 12.5. The van der Waals surface area contributed by atoms with Gasteiger partial charge in [0.05, 0.1) is 23.4 Å². The van der Waals surface area contributed by atoms with Crippen LogP contribution in [0, 0.1) is 3.70 Å². The molecule has 2 aromatic heterocycles. The number of fused-ring (bicyclic) bond motifs is 1. The summed E-state index contributed by atoms with van der Waals surface area (Å²) in [4.78, 5) is 28.8. The summed E-state index contributed by atoms with van der Waals surface area (Å²) in [6.45, 7) is 5.31. The second-order valence-electron chi connectivity index (χ2n) is 5.72. The summed E-state index contributed by atoms with van der Waals surface area (Å²) in [6.07, 6.45) is 0.944. The van der Waals surface area contributed by atoms with Gasteiger partial charge in [0.1, 0.15) is 11.2 Å². The SMILES string of the molecule is COC(=O)c1c(OC)ncc2cc(I)n(C(=O)OC(C)(C)C)c12. The van der Waals surface area contributed by atoms with Crippen LogP contribution in [0.3, 0.4) is 0 Å². The van der Waals surface area contributed by atoms with Crippen LogP contribution in [0.2, 0.25) is 0 Å². The Morgan fingerprint density at radius 1 is 1.26 bits per heavy atom. The van der Waals surface area contributed by atoms with Crippen LogP contribution in [0.25, 0.3) is 10.9 Å². The summed E-state index contributed by atoms with van der Waals surface area (Å²) in [5.41, 5.74) is -0.233. The number of methoxy groups -OCH3 is 2. The van der Waals surface area contributed by atoms with Crippen molar-refractivity contribution in [1.82, 2.24) is 9.55 Å². The third-order valence-electron chi connectivity index (χ3n) is 2.92. The first-order chi connectivity index (χ1) is 10.7. The Labute approximate surface area is 147 Å². The molecule has 0 atom stereocenters. The molecule has 0 fully saturated rings. The van der Waals surface area contributed by atoms with Crippen molar-refractivity contribution in [3.8, 4) is 5.88 Å². The number of nitrogens with zero attached hydrogens (tertiary/aromatic N) is 2. The molecule has 2 rings (SSSR count). The molecule has 23 heavy (non-hydrogen) atoms. The van der Waals surface area contributed by atoms with Crippen LogP contribution < -0.4 is 4.74 Å². The predicted molar refractivity (Wildman–Crippen MR) is 92.0 cm³/mol. The van der Waals surface area contributed by atoms with Gasteiger partial charge in [-0.25, -0.2) is 19.1 Å². The minimum absolute atomic E-state index is 0.0845.